The minimum Gasteiger partial charge on any atom is -0.406 e. The van der Waals surface area contributed by atoms with Gasteiger partial charge in [-0.3, -0.25) is 4.57 Å². The van der Waals surface area contributed by atoms with E-state index in [4.69, 9.17) is 27.6 Å². The average molecular weight is 296 g/mol. The predicted octanol–water partition coefficient (Wildman–Crippen LogP) is 2.74. The molecule has 0 saturated carbocycles. The van der Waals surface area contributed by atoms with Gasteiger partial charge < -0.3 is 4.42 Å². The largest absolute Gasteiger partial charge is 0.421 e. The molecule has 0 aromatic carbocycles. The number of rotatable bonds is 2. The minimum atomic E-state index is -0.486. The molecule has 0 saturated heterocycles. The molecule has 0 N–H and O–H groups in total. The van der Waals surface area contributed by atoms with Gasteiger partial charge in [-0.15, -0.1) is 0 Å². The number of fused-ring (bicyclic) bond motifs is 1. The molecule has 0 fully saturated rings. The monoisotopic (exact) mass is 295 g/mol. The molecule has 7 heteroatoms. The van der Waals surface area contributed by atoms with Crippen LogP contribution in [0.15, 0.2) is 39.8 Å². The SMILES string of the molecule is O=c1oc2cccnc2n1Cc1cnc(Cl)cc1Cl. The molecule has 5 nitrogen and oxygen atoms in total. The van der Waals surface area contributed by atoms with Crippen LogP contribution in [0.1, 0.15) is 5.56 Å². The maximum atomic E-state index is 11.8. The van der Waals surface area contributed by atoms with Gasteiger partial charge in [-0.1, -0.05) is 23.2 Å². The number of nitrogens with zero attached hydrogens (tertiary/aromatic N) is 3. The molecule has 0 aliphatic rings. The second-order valence-electron chi connectivity index (χ2n) is 3.88. The standard InChI is InChI=1S/C12H7Cl2N3O2/c13-8-4-10(14)16-5-7(8)6-17-11-9(19-12(17)18)2-1-3-15-11/h1-5H,6H2. The molecule has 3 rings (SSSR count). The van der Waals surface area contributed by atoms with Crippen molar-refractivity contribution in [3.05, 3.63) is 56.9 Å². The molecule has 0 amide bonds. The van der Waals surface area contributed by atoms with Crippen LogP contribution in [0.2, 0.25) is 10.2 Å². The molecule has 0 bridgehead atoms. The van der Waals surface area contributed by atoms with Crippen molar-refractivity contribution in [2.75, 3.05) is 0 Å². The van der Waals surface area contributed by atoms with E-state index in [9.17, 15) is 4.79 Å². The molecule has 0 spiro atoms. The molecule has 19 heavy (non-hydrogen) atoms. The van der Waals surface area contributed by atoms with Crippen molar-refractivity contribution in [2.45, 2.75) is 6.54 Å². The lowest BCUT2D eigenvalue weighted by molar-refractivity contribution is 0.517. The third kappa shape index (κ3) is 2.22. The topological polar surface area (TPSA) is 60.9 Å². The summed E-state index contributed by atoms with van der Waals surface area (Å²) in [5.41, 5.74) is 1.57. The summed E-state index contributed by atoms with van der Waals surface area (Å²) >= 11 is 11.8. The number of hydrogen-bond acceptors (Lipinski definition) is 4. The Morgan fingerprint density at radius 1 is 1.32 bits per heavy atom. The number of hydrogen-bond donors (Lipinski definition) is 0. The Hall–Kier alpha value is -1.85. The summed E-state index contributed by atoms with van der Waals surface area (Å²) in [5.74, 6) is -0.486. The fourth-order valence-electron chi connectivity index (χ4n) is 1.76. The first kappa shape index (κ1) is 12.2. The van der Waals surface area contributed by atoms with Crippen molar-refractivity contribution in [2.24, 2.45) is 0 Å². The number of aromatic nitrogens is 3. The summed E-state index contributed by atoms with van der Waals surface area (Å²) in [5, 5.41) is 0.744. The first-order valence-electron chi connectivity index (χ1n) is 5.39. The zero-order valence-corrected chi connectivity index (χ0v) is 11.0. The number of halogens is 2. The highest BCUT2D eigenvalue weighted by Gasteiger charge is 2.12. The molecule has 3 aromatic heterocycles. The van der Waals surface area contributed by atoms with Gasteiger partial charge in [-0.25, -0.2) is 14.8 Å². The van der Waals surface area contributed by atoms with Gasteiger partial charge in [0.25, 0.3) is 0 Å². The third-order valence-electron chi connectivity index (χ3n) is 2.65. The highest BCUT2D eigenvalue weighted by Crippen LogP contribution is 2.20. The summed E-state index contributed by atoms with van der Waals surface area (Å²) in [6, 6.07) is 4.91. The Balaban J connectivity index is 2.10. The zero-order valence-electron chi connectivity index (χ0n) is 9.51. The summed E-state index contributed by atoms with van der Waals surface area (Å²) in [6.45, 7) is 0.228. The van der Waals surface area contributed by atoms with E-state index in [0.29, 0.717) is 27.0 Å². The Labute approximate surface area is 117 Å². The van der Waals surface area contributed by atoms with Gasteiger partial charge in [0.2, 0.25) is 0 Å². The normalized spacial score (nSPS) is 11.1. The third-order valence-corrected chi connectivity index (χ3v) is 3.21. The van der Waals surface area contributed by atoms with Gasteiger partial charge >= 0.3 is 5.76 Å². The van der Waals surface area contributed by atoms with Crippen LogP contribution < -0.4 is 5.76 Å². The van der Waals surface area contributed by atoms with Gasteiger partial charge in [0.1, 0.15) is 5.15 Å². The molecular weight excluding hydrogens is 289 g/mol. The van der Waals surface area contributed by atoms with E-state index in [0.717, 1.165) is 0 Å². The Morgan fingerprint density at radius 3 is 2.95 bits per heavy atom. The van der Waals surface area contributed by atoms with Gasteiger partial charge in [0.05, 0.1) is 11.6 Å². The van der Waals surface area contributed by atoms with E-state index in [1.54, 1.807) is 18.3 Å². The van der Waals surface area contributed by atoms with Gasteiger partial charge in [0.15, 0.2) is 11.2 Å². The molecule has 96 valence electrons. The lowest BCUT2D eigenvalue weighted by Crippen LogP contribution is -2.15. The van der Waals surface area contributed by atoms with Crippen LogP contribution in [0, 0.1) is 0 Å². The molecule has 0 aliphatic heterocycles. The van der Waals surface area contributed by atoms with Crippen molar-refractivity contribution in [1.82, 2.24) is 14.5 Å². The molecule has 0 aliphatic carbocycles. The van der Waals surface area contributed by atoms with Crippen LogP contribution in [-0.2, 0) is 6.54 Å². The molecule has 3 aromatic rings. The maximum absolute atomic E-state index is 11.8. The van der Waals surface area contributed by atoms with Gasteiger partial charge in [0, 0.05) is 18.0 Å². The number of oxazole rings is 1. The van der Waals surface area contributed by atoms with Crippen molar-refractivity contribution in [3.8, 4) is 0 Å². The van der Waals surface area contributed by atoms with Gasteiger partial charge in [-0.05, 0) is 18.2 Å². The van der Waals surface area contributed by atoms with E-state index in [1.165, 1.54) is 16.8 Å². The summed E-state index contributed by atoms with van der Waals surface area (Å²) in [4.78, 5) is 19.9. The quantitative estimate of drug-likeness (QED) is 0.682. The van der Waals surface area contributed by atoms with E-state index < -0.39 is 5.76 Å². The maximum Gasteiger partial charge on any atom is 0.421 e. The van der Waals surface area contributed by atoms with Crippen molar-refractivity contribution < 1.29 is 4.42 Å². The smallest absolute Gasteiger partial charge is 0.406 e. The van der Waals surface area contributed by atoms with E-state index in [-0.39, 0.29) is 6.54 Å². The van der Waals surface area contributed by atoms with E-state index in [2.05, 4.69) is 9.97 Å². The van der Waals surface area contributed by atoms with Crippen LogP contribution in [0.25, 0.3) is 11.2 Å². The molecule has 0 radical (unpaired) electrons. The van der Waals surface area contributed by atoms with Crippen LogP contribution >= 0.6 is 23.2 Å². The predicted molar refractivity (Wildman–Crippen MR) is 71.6 cm³/mol. The summed E-state index contributed by atoms with van der Waals surface area (Å²) in [6.07, 6.45) is 3.12. The van der Waals surface area contributed by atoms with Crippen LogP contribution in [0.5, 0.6) is 0 Å². The summed E-state index contributed by atoms with van der Waals surface area (Å²) < 4.78 is 6.49. The van der Waals surface area contributed by atoms with Crippen LogP contribution in [0.4, 0.5) is 0 Å². The molecule has 0 unspecified atom stereocenters. The van der Waals surface area contributed by atoms with E-state index in [1.807, 2.05) is 0 Å². The lowest BCUT2D eigenvalue weighted by atomic mass is 10.3. The Morgan fingerprint density at radius 2 is 2.16 bits per heavy atom. The van der Waals surface area contributed by atoms with Crippen LogP contribution in [-0.4, -0.2) is 14.5 Å². The van der Waals surface area contributed by atoms with Crippen molar-refractivity contribution >= 4 is 34.4 Å². The van der Waals surface area contributed by atoms with Crippen molar-refractivity contribution in [3.63, 3.8) is 0 Å². The Bertz CT molecular complexity index is 810. The first-order chi connectivity index (χ1) is 9.15. The Kier molecular flexibility index (Phi) is 3.00. The number of pyridine rings is 2. The van der Waals surface area contributed by atoms with Crippen molar-refractivity contribution in [1.29, 1.82) is 0 Å². The molecule has 3 heterocycles. The lowest BCUT2D eigenvalue weighted by Gasteiger charge is -2.04. The second-order valence-corrected chi connectivity index (χ2v) is 4.67. The fraction of sp³-hybridized carbons (Fsp3) is 0.0833. The average Bonchev–Trinajstić information content (AvgIpc) is 2.69. The first-order valence-corrected chi connectivity index (χ1v) is 6.15. The fourth-order valence-corrected chi connectivity index (χ4v) is 2.19. The van der Waals surface area contributed by atoms with Gasteiger partial charge in [-0.2, -0.15) is 0 Å². The summed E-state index contributed by atoms with van der Waals surface area (Å²) in [7, 11) is 0. The molecule has 0 atom stereocenters. The van der Waals surface area contributed by atoms with Crippen LogP contribution in [0.3, 0.4) is 0 Å². The highest BCUT2D eigenvalue weighted by atomic mass is 35.5. The second kappa shape index (κ2) is 4.68. The minimum absolute atomic E-state index is 0.228. The van der Waals surface area contributed by atoms with E-state index >= 15 is 0 Å². The molecular formula is C12H7Cl2N3O2. The zero-order chi connectivity index (χ0) is 13.4. The highest BCUT2D eigenvalue weighted by molar-refractivity contribution is 6.34.